The Balaban J connectivity index is 0.00000127. The summed E-state index contributed by atoms with van der Waals surface area (Å²) in [6.07, 6.45) is 3.10. The smallest absolute Gasteiger partial charge is 0.292 e. The molecule has 118 valence electrons. The fourth-order valence-electron chi connectivity index (χ4n) is 2.08. The molecule has 1 heterocycles. The first kappa shape index (κ1) is 18.1. The fourth-order valence-corrected chi connectivity index (χ4v) is 2.08. The van der Waals surface area contributed by atoms with Gasteiger partial charge in [0.2, 0.25) is 0 Å². The Bertz CT molecular complexity index is 758. The lowest BCUT2D eigenvalue weighted by Gasteiger charge is -2.15. The molecule has 0 spiro atoms. The minimum Gasteiger partial charge on any atom is -0.387 e. The van der Waals surface area contributed by atoms with Crippen molar-refractivity contribution in [3.05, 3.63) is 47.5 Å². The van der Waals surface area contributed by atoms with Crippen molar-refractivity contribution in [3.8, 4) is 29.2 Å². The van der Waals surface area contributed by atoms with Gasteiger partial charge in [0.05, 0.1) is 0 Å². The van der Waals surface area contributed by atoms with Gasteiger partial charge in [-0.3, -0.25) is 0 Å². The molecule has 0 bridgehead atoms. The summed E-state index contributed by atoms with van der Waals surface area (Å²) in [6, 6.07) is 7.74. The predicted molar refractivity (Wildman–Crippen MR) is 86.0 cm³/mol. The lowest BCUT2D eigenvalue weighted by atomic mass is 9.95. The summed E-state index contributed by atoms with van der Waals surface area (Å²) in [6.45, 7) is 7.77. The van der Waals surface area contributed by atoms with E-state index in [2.05, 4.69) is 4.98 Å². The molecule has 4 nitrogen and oxygen atoms in total. The van der Waals surface area contributed by atoms with Crippen LogP contribution < -0.4 is 4.74 Å². The van der Waals surface area contributed by atoms with Gasteiger partial charge in [-0.25, -0.2) is 9.37 Å². The largest absolute Gasteiger partial charge is 0.387 e. The van der Waals surface area contributed by atoms with E-state index in [0.717, 1.165) is 0 Å². The second kappa shape index (κ2) is 8.51. The van der Waals surface area contributed by atoms with Crippen molar-refractivity contribution in [2.75, 3.05) is 0 Å². The molecule has 0 amide bonds. The molecule has 0 saturated carbocycles. The van der Waals surface area contributed by atoms with Gasteiger partial charge in [-0.15, -0.1) is 5.26 Å². The van der Waals surface area contributed by atoms with Gasteiger partial charge in [0, 0.05) is 17.3 Å². The van der Waals surface area contributed by atoms with E-state index in [1.54, 1.807) is 12.3 Å². The molecule has 5 heteroatoms. The first-order valence-electron chi connectivity index (χ1n) is 7.32. The van der Waals surface area contributed by atoms with Gasteiger partial charge in [-0.2, -0.15) is 5.26 Å². The lowest BCUT2D eigenvalue weighted by molar-refractivity contribution is 0.495. The number of hydrogen-bond acceptors (Lipinski definition) is 4. The van der Waals surface area contributed by atoms with E-state index in [9.17, 15) is 4.39 Å². The molecular weight excluding hydrogens is 293 g/mol. The summed E-state index contributed by atoms with van der Waals surface area (Å²) < 4.78 is 18.9. The molecule has 0 fully saturated rings. The van der Waals surface area contributed by atoms with E-state index in [0.29, 0.717) is 22.4 Å². The SMILES string of the molecule is CC.CC(C)c1cc(F)cc(-c2ccnc(C#N)c2)c1OC#N. The molecule has 2 aromatic rings. The van der Waals surface area contributed by atoms with Crippen molar-refractivity contribution in [3.63, 3.8) is 0 Å². The van der Waals surface area contributed by atoms with Crippen LogP contribution in [0.3, 0.4) is 0 Å². The second-order valence-electron chi connectivity index (χ2n) is 4.76. The van der Waals surface area contributed by atoms with E-state index in [4.69, 9.17) is 15.3 Å². The Labute approximate surface area is 135 Å². The Hall–Kier alpha value is -2.92. The first-order valence-corrected chi connectivity index (χ1v) is 7.32. The van der Waals surface area contributed by atoms with Crippen molar-refractivity contribution in [2.45, 2.75) is 33.6 Å². The molecule has 0 aliphatic rings. The van der Waals surface area contributed by atoms with Gasteiger partial charge in [-0.1, -0.05) is 27.7 Å². The topological polar surface area (TPSA) is 69.7 Å². The zero-order chi connectivity index (χ0) is 17.4. The molecule has 0 aliphatic carbocycles. The van der Waals surface area contributed by atoms with Crippen molar-refractivity contribution in [2.24, 2.45) is 0 Å². The zero-order valence-corrected chi connectivity index (χ0v) is 13.6. The summed E-state index contributed by atoms with van der Waals surface area (Å²) in [5, 5.41) is 17.7. The molecule has 0 saturated heterocycles. The van der Waals surface area contributed by atoms with Gasteiger partial charge in [-0.05, 0) is 35.7 Å². The molecule has 0 N–H and O–H groups in total. The number of hydrogen-bond donors (Lipinski definition) is 0. The highest BCUT2D eigenvalue weighted by atomic mass is 19.1. The van der Waals surface area contributed by atoms with E-state index in [1.165, 1.54) is 24.4 Å². The molecule has 23 heavy (non-hydrogen) atoms. The summed E-state index contributed by atoms with van der Waals surface area (Å²) in [5.41, 5.74) is 1.82. The van der Waals surface area contributed by atoms with Crippen LogP contribution >= 0.6 is 0 Å². The maximum atomic E-state index is 13.9. The predicted octanol–water partition coefficient (Wildman–Crippen LogP) is 4.77. The molecule has 0 unspecified atom stereocenters. The van der Waals surface area contributed by atoms with Crippen LogP contribution in [0.1, 0.15) is 44.9 Å². The Morgan fingerprint density at radius 1 is 1.17 bits per heavy atom. The van der Waals surface area contributed by atoms with E-state index < -0.39 is 5.82 Å². The van der Waals surface area contributed by atoms with Crippen LogP contribution in [0.25, 0.3) is 11.1 Å². The standard InChI is InChI=1S/C16H12FN3O.C2H6/c1-10(2)14-6-12(17)7-15(16(14)21-9-19)11-3-4-20-13(5-11)8-18;1-2/h3-7,10H,1-2H3;1-2H3. The third kappa shape index (κ3) is 4.28. The monoisotopic (exact) mass is 311 g/mol. The summed E-state index contributed by atoms with van der Waals surface area (Å²) >= 11 is 0. The summed E-state index contributed by atoms with van der Waals surface area (Å²) in [4.78, 5) is 3.88. The van der Waals surface area contributed by atoms with Crippen molar-refractivity contribution in [1.29, 1.82) is 10.5 Å². The van der Waals surface area contributed by atoms with Crippen molar-refractivity contribution in [1.82, 2.24) is 4.98 Å². The average Bonchev–Trinajstić information content (AvgIpc) is 2.58. The summed E-state index contributed by atoms with van der Waals surface area (Å²) in [7, 11) is 0. The number of nitriles is 2. The van der Waals surface area contributed by atoms with E-state index in [-0.39, 0.29) is 11.6 Å². The zero-order valence-electron chi connectivity index (χ0n) is 13.6. The molecule has 2 rings (SSSR count). The number of aromatic nitrogens is 1. The van der Waals surface area contributed by atoms with E-state index in [1.807, 2.05) is 33.8 Å². The highest BCUT2D eigenvalue weighted by Gasteiger charge is 2.17. The van der Waals surface area contributed by atoms with Gasteiger partial charge in [0.1, 0.15) is 17.6 Å². The molecule has 0 radical (unpaired) electrons. The number of pyridine rings is 1. The Morgan fingerprint density at radius 2 is 1.87 bits per heavy atom. The number of nitrogens with zero attached hydrogens (tertiary/aromatic N) is 3. The summed E-state index contributed by atoms with van der Waals surface area (Å²) in [5.74, 6) is -0.127. The molecule has 1 aromatic carbocycles. The minimum atomic E-state index is -0.422. The van der Waals surface area contributed by atoms with Crippen LogP contribution in [-0.2, 0) is 0 Å². The highest BCUT2D eigenvalue weighted by Crippen LogP contribution is 2.37. The maximum Gasteiger partial charge on any atom is 0.292 e. The number of rotatable bonds is 3. The molecule has 1 aromatic heterocycles. The maximum absolute atomic E-state index is 13.9. The van der Waals surface area contributed by atoms with Gasteiger partial charge in [0.15, 0.2) is 5.75 Å². The third-order valence-electron chi connectivity index (χ3n) is 3.04. The Morgan fingerprint density at radius 3 is 2.43 bits per heavy atom. The number of halogens is 1. The second-order valence-corrected chi connectivity index (χ2v) is 4.76. The quantitative estimate of drug-likeness (QED) is 0.766. The van der Waals surface area contributed by atoms with Gasteiger partial charge >= 0.3 is 0 Å². The molecular formula is C18H18FN3O. The van der Waals surface area contributed by atoms with Crippen LogP contribution in [0.5, 0.6) is 5.75 Å². The average molecular weight is 311 g/mol. The third-order valence-corrected chi connectivity index (χ3v) is 3.04. The van der Waals surface area contributed by atoms with Gasteiger partial charge < -0.3 is 4.74 Å². The molecule has 0 atom stereocenters. The number of benzene rings is 1. The minimum absolute atomic E-state index is 0.0138. The van der Waals surface area contributed by atoms with Crippen molar-refractivity contribution >= 4 is 0 Å². The van der Waals surface area contributed by atoms with Gasteiger partial charge in [0.25, 0.3) is 6.26 Å². The lowest BCUT2D eigenvalue weighted by Crippen LogP contribution is -1.98. The van der Waals surface area contributed by atoms with Crippen molar-refractivity contribution < 1.29 is 9.13 Å². The van der Waals surface area contributed by atoms with E-state index >= 15 is 0 Å². The normalized spacial score (nSPS) is 9.39. The first-order chi connectivity index (χ1) is 11.1. The van der Waals surface area contributed by atoms with Crippen LogP contribution in [0, 0.1) is 28.7 Å². The number of ether oxygens (including phenoxy) is 1. The van der Waals surface area contributed by atoms with Crippen LogP contribution in [0.15, 0.2) is 30.5 Å². The fraction of sp³-hybridized carbons (Fsp3) is 0.278. The van der Waals surface area contributed by atoms with Crippen LogP contribution in [0.2, 0.25) is 0 Å². The van der Waals surface area contributed by atoms with Crippen LogP contribution in [0.4, 0.5) is 4.39 Å². The Kier molecular flexibility index (Phi) is 6.70. The highest BCUT2D eigenvalue weighted by molar-refractivity contribution is 5.73. The van der Waals surface area contributed by atoms with Crippen LogP contribution in [-0.4, -0.2) is 4.98 Å². The molecule has 0 aliphatic heterocycles.